The highest BCUT2D eigenvalue weighted by Crippen LogP contribution is 2.32. The van der Waals surface area contributed by atoms with Crippen LogP contribution in [0.25, 0.3) is 0 Å². The lowest BCUT2D eigenvalue weighted by atomic mass is 10.0. The Morgan fingerprint density at radius 3 is 3.10 bits per heavy atom. The molecule has 2 atom stereocenters. The summed E-state index contributed by atoms with van der Waals surface area (Å²) in [5.74, 6) is 0.640. The Morgan fingerprint density at radius 1 is 1.55 bits per heavy atom. The lowest BCUT2D eigenvalue weighted by Gasteiger charge is -2.20. The fourth-order valence-corrected chi connectivity index (χ4v) is 3.59. The van der Waals surface area contributed by atoms with Crippen LogP contribution in [0.3, 0.4) is 0 Å². The van der Waals surface area contributed by atoms with E-state index in [1.807, 2.05) is 11.4 Å². The largest absolute Gasteiger partial charge is 0.337 e. The summed E-state index contributed by atoms with van der Waals surface area (Å²) in [5, 5.41) is 8.43. The molecule has 3 rings (SSSR count). The zero-order valence-electron chi connectivity index (χ0n) is 11.2. The van der Waals surface area contributed by atoms with Crippen LogP contribution in [-0.2, 0) is 16.3 Å². The van der Waals surface area contributed by atoms with Gasteiger partial charge in [-0.15, -0.1) is 11.3 Å². The number of aromatic nitrogens is 2. The van der Waals surface area contributed by atoms with Crippen molar-refractivity contribution in [3.8, 4) is 0 Å². The summed E-state index contributed by atoms with van der Waals surface area (Å²) in [7, 11) is -3.23. The summed E-state index contributed by atoms with van der Waals surface area (Å²) in [6.07, 6.45) is 2.16. The van der Waals surface area contributed by atoms with Gasteiger partial charge in [-0.1, -0.05) is 5.16 Å². The maximum absolute atomic E-state index is 11.5. The lowest BCUT2D eigenvalue weighted by molar-refractivity contribution is 0.341. The lowest BCUT2D eigenvalue weighted by Crippen LogP contribution is -2.29. The first-order chi connectivity index (χ1) is 9.47. The minimum Gasteiger partial charge on any atom is -0.337 e. The van der Waals surface area contributed by atoms with Gasteiger partial charge in [-0.05, 0) is 30.4 Å². The zero-order chi connectivity index (χ0) is 14.3. The number of nitrogens with zero attached hydrogens (tertiary/aromatic N) is 2. The molecule has 0 aromatic carbocycles. The van der Waals surface area contributed by atoms with Crippen LogP contribution in [0.15, 0.2) is 16.0 Å². The van der Waals surface area contributed by atoms with E-state index < -0.39 is 15.1 Å². The SMILES string of the molecule is CC(c1noc(C2NCCc3sccc32)n1)S(C)(=O)=O. The molecule has 1 aliphatic heterocycles. The Morgan fingerprint density at radius 2 is 2.35 bits per heavy atom. The van der Waals surface area contributed by atoms with Gasteiger partial charge in [-0.3, -0.25) is 0 Å². The number of thiophene rings is 1. The number of nitrogens with one attached hydrogen (secondary N) is 1. The zero-order valence-corrected chi connectivity index (χ0v) is 12.8. The first-order valence-corrected chi connectivity index (χ1v) is 9.12. The van der Waals surface area contributed by atoms with Gasteiger partial charge >= 0.3 is 0 Å². The highest BCUT2D eigenvalue weighted by atomic mass is 32.2. The summed E-state index contributed by atoms with van der Waals surface area (Å²) in [4.78, 5) is 5.57. The molecule has 0 saturated carbocycles. The molecule has 0 fully saturated rings. The van der Waals surface area contributed by atoms with Crippen LogP contribution in [0.5, 0.6) is 0 Å². The van der Waals surface area contributed by atoms with Gasteiger partial charge in [-0.2, -0.15) is 4.98 Å². The molecule has 0 spiro atoms. The summed E-state index contributed by atoms with van der Waals surface area (Å²) in [6.45, 7) is 2.41. The molecular formula is C12H15N3O3S2. The Kier molecular flexibility index (Phi) is 3.39. The predicted octanol–water partition coefficient (Wildman–Crippen LogP) is 1.47. The van der Waals surface area contributed by atoms with Crippen molar-refractivity contribution in [1.82, 2.24) is 15.5 Å². The normalized spacial score (nSPS) is 20.6. The van der Waals surface area contributed by atoms with Crippen LogP contribution >= 0.6 is 11.3 Å². The van der Waals surface area contributed by atoms with Crippen molar-refractivity contribution >= 4 is 21.2 Å². The number of sulfone groups is 1. The van der Waals surface area contributed by atoms with Crippen molar-refractivity contribution in [3.63, 3.8) is 0 Å². The molecule has 2 unspecified atom stereocenters. The number of hydrogen-bond acceptors (Lipinski definition) is 7. The maximum Gasteiger partial charge on any atom is 0.248 e. The van der Waals surface area contributed by atoms with Gasteiger partial charge in [-0.25, -0.2) is 8.42 Å². The molecule has 20 heavy (non-hydrogen) atoms. The quantitative estimate of drug-likeness (QED) is 0.923. The van der Waals surface area contributed by atoms with Gasteiger partial charge < -0.3 is 9.84 Å². The minimum absolute atomic E-state index is 0.141. The Labute approximate surface area is 121 Å². The van der Waals surface area contributed by atoms with Gasteiger partial charge in [0.15, 0.2) is 15.7 Å². The minimum atomic E-state index is -3.23. The van der Waals surface area contributed by atoms with Crippen molar-refractivity contribution in [2.75, 3.05) is 12.8 Å². The summed E-state index contributed by atoms with van der Waals surface area (Å²) in [6, 6.07) is 1.90. The Hall–Kier alpha value is -1.25. The van der Waals surface area contributed by atoms with Crippen molar-refractivity contribution in [1.29, 1.82) is 0 Å². The van der Waals surface area contributed by atoms with Gasteiger partial charge in [0, 0.05) is 17.7 Å². The van der Waals surface area contributed by atoms with Crippen molar-refractivity contribution in [3.05, 3.63) is 33.6 Å². The van der Waals surface area contributed by atoms with E-state index in [4.69, 9.17) is 4.52 Å². The fourth-order valence-electron chi connectivity index (χ4n) is 2.19. The van der Waals surface area contributed by atoms with E-state index in [0.29, 0.717) is 5.89 Å². The van der Waals surface area contributed by atoms with Crippen LogP contribution in [0.1, 0.15) is 40.4 Å². The highest BCUT2D eigenvalue weighted by Gasteiger charge is 2.29. The average Bonchev–Trinajstić information content (AvgIpc) is 3.05. The third kappa shape index (κ3) is 2.38. The second kappa shape index (κ2) is 4.94. The molecule has 2 aromatic rings. The summed E-state index contributed by atoms with van der Waals surface area (Å²) < 4.78 is 28.3. The fraction of sp³-hybridized carbons (Fsp3) is 0.500. The van der Waals surface area contributed by atoms with E-state index in [2.05, 4.69) is 15.5 Å². The van der Waals surface area contributed by atoms with Crippen molar-refractivity contribution in [2.24, 2.45) is 0 Å². The molecule has 0 radical (unpaired) electrons. The van der Waals surface area contributed by atoms with E-state index in [1.165, 1.54) is 11.1 Å². The second-order valence-electron chi connectivity index (χ2n) is 4.90. The van der Waals surface area contributed by atoms with Crippen molar-refractivity contribution in [2.45, 2.75) is 24.6 Å². The highest BCUT2D eigenvalue weighted by molar-refractivity contribution is 7.90. The van der Waals surface area contributed by atoms with Crippen LogP contribution < -0.4 is 5.32 Å². The first-order valence-electron chi connectivity index (χ1n) is 6.29. The molecule has 2 aromatic heterocycles. The Balaban J connectivity index is 1.93. The van der Waals surface area contributed by atoms with Crippen LogP contribution in [0.4, 0.5) is 0 Å². The Bertz CT molecular complexity index is 720. The average molecular weight is 313 g/mol. The van der Waals surface area contributed by atoms with Gasteiger partial charge in [0.25, 0.3) is 0 Å². The number of fused-ring (bicyclic) bond motifs is 1. The van der Waals surface area contributed by atoms with Gasteiger partial charge in [0.2, 0.25) is 5.89 Å². The van der Waals surface area contributed by atoms with E-state index in [-0.39, 0.29) is 11.9 Å². The molecule has 0 aliphatic carbocycles. The number of rotatable bonds is 3. The van der Waals surface area contributed by atoms with E-state index >= 15 is 0 Å². The van der Waals surface area contributed by atoms with Gasteiger partial charge in [0.05, 0.1) is 0 Å². The van der Waals surface area contributed by atoms with Crippen LogP contribution in [-0.4, -0.2) is 31.4 Å². The van der Waals surface area contributed by atoms with E-state index in [0.717, 1.165) is 18.5 Å². The van der Waals surface area contributed by atoms with Crippen molar-refractivity contribution < 1.29 is 12.9 Å². The summed E-state index contributed by atoms with van der Waals surface area (Å²) >= 11 is 1.72. The molecule has 8 heteroatoms. The predicted molar refractivity (Wildman–Crippen MR) is 75.4 cm³/mol. The van der Waals surface area contributed by atoms with Crippen LogP contribution in [0, 0.1) is 0 Å². The molecule has 1 aliphatic rings. The third-order valence-corrected chi connectivity index (χ3v) is 5.99. The molecule has 1 N–H and O–H groups in total. The van der Waals surface area contributed by atoms with Crippen LogP contribution in [0.2, 0.25) is 0 Å². The first kappa shape index (κ1) is 13.7. The molecule has 3 heterocycles. The third-order valence-electron chi connectivity index (χ3n) is 3.50. The molecular weight excluding hydrogens is 298 g/mol. The molecule has 108 valence electrons. The summed E-state index contributed by atoms with van der Waals surface area (Å²) in [5.41, 5.74) is 1.14. The topological polar surface area (TPSA) is 85.1 Å². The molecule has 0 amide bonds. The van der Waals surface area contributed by atoms with Gasteiger partial charge in [0.1, 0.15) is 11.3 Å². The molecule has 0 saturated heterocycles. The monoisotopic (exact) mass is 313 g/mol. The van der Waals surface area contributed by atoms with E-state index in [9.17, 15) is 8.42 Å². The second-order valence-corrected chi connectivity index (χ2v) is 8.27. The van der Waals surface area contributed by atoms with E-state index in [1.54, 1.807) is 18.3 Å². The standard InChI is InChI=1S/C12H15N3O3S2/c1-7(20(2,16)17)11-14-12(18-15-11)10-8-4-6-19-9(8)3-5-13-10/h4,6-7,10,13H,3,5H2,1-2H3. The smallest absolute Gasteiger partial charge is 0.248 e. The number of hydrogen-bond donors (Lipinski definition) is 1. The molecule has 0 bridgehead atoms. The maximum atomic E-state index is 11.5. The molecule has 6 nitrogen and oxygen atoms in total.